The van der Waals surface area contributed by atoms with Crippen molar-refractivity contribution >= 4 is 43.4 Å². The Labute approximate surface area is 165 Å². The molecule has 0 spiro atoms. The Kier molecular flexibility index (Phi) is 3.94. The first-order chi connectivity index (χ1) is 13.7. The average Bonchev–Trinajstić information content (AvgIpc) is 3.32. The van der Waals surface area contributed by atoms with E-state index in [1.165, 1.54) is 33.2 Å². The molecule has 0 fully saturated rings. The lowest BCUT2D eigenvalue weighted by Gasteiger charge is -2.08. The van der Waals surface area contributed by atoms with Crippen LogP contribution in [0.25, 0.3) is 21.0 Å². The average molecular weight is 390 g/mol. The minimum Gasteiger partial charge on any atom is -0.497 e. The predicted molar refractivity (Wildman–Crippen MR) is 112 cm³/mol. The van der Waals surface area contributed by atoms with Crippen molar-refractivity contribution in [1.29, 1.82) is 0 Å². The standard InChI is InChI=1S/C22H18N2O3S/c1-26-15-8-14(9-16(11-15)27-2)21(25)24-22-23-20-17-5-3-4-12-6-7-13(19(12)17)10-18(20)28-22/h3-5,8-11H,6-7H2,1-2H3,(H,23,24,25). The number of nitrogens with one attached hydrogen (secondary N) is 1. The van der Waals surface area contributed by atoms with Crippen molar-refractivity contribution < 1.29 is 14.3 Å². The number of benzene rings is 3. The third-order valence-electron chi connectivity index (χ3n) is 5.18. The number of carbonyl (C=O) groups excluding carboxylic acids is 1. The van der Waals surface area contributed by atoms with Crippen molar-refractivity contribution in [2.45, 2.75) is 12.8 Å². The van der Waals surface area contributed by atoms with Crippen molar-refractivity contribution in [3.63, 3.8) is 0 Å². The zero-order valence-corrected chi connectivity index (χ0v) is 16.4. The van der Waals surface area contributed by atoms with Gasteiger partial charge in [0.05, 0.1) is 24.4 Å². The third-order valence-corrected chi connectivity index (χ3v) is 6.10. The summed E-state index contributed by atoms with van der Waals surface area (Å²) in [7, 11) is 3.12. The molecule has 1 aliphatic carbocycles. The minimum atomic E-state index is -0.242. The maximum atomic E-state index is 12.8. The van der Waals surface area contributed by atoms with Gasteiger partial charge in [-0.2, -0.15) is 0 Å². The summed E-state index contributed by atoms with van der Waals surface area (Å²) in [4.78, 5) is 17.5. The van der Waals surface area contributed by atoms with Gasteiger partial charge < -0.3 is 9.47 Å². The molecular weight excluding hydrogens is 372 g/mol. The largest absolute Gasteiger partial charge is 0.497 e. The molecule has 1 aromatic heterocycles. The van der Waals surface area contributed by atoms with Gasteiger partial charge in [0.1, 0.15) is 11.5 Å². The summed E-state index contributed by atoms with van der Waals surface area (Å²) < 4.78 is 11.6. The number of thiazole rings is 1. The Hall–Kier alpha value is -3.12. The van der Waals surface area contributed by atoms with Gasteiger partial charge in [0, 0.05) is 17.0 Å². The van der Waals surface area contributed by atoms with E-state index in [2.05, 4.69) is 29.6 Å². The molecule has 1 amide bonds. The topological polar surface area (TPSA) is 60.5 Å². The van der Waals surface area contributed by atoms with Crippen LogP contribution >= 0.6 is 11.3 Å². The van der Waals surface area contributed by atoms with Crippen molar-refractivity contribution in [3.05, 3.63) is 59.2 Å². The molecule has 0 aliphatic heterocycles. The van der Waals surface area contributed by atoms with Crippen molar-refractivity contribution in [2.75, 3.05) is 19.5 Å². The van der Waals surface area contributed by atoms with E-state index in [9.17, 15) is 4.79 Å². The molecule has 1 heterocycles. The maximum absolute atomic E-state index is 12.8. The molecule has 5 nitrogen and oxygen atoms in total. The van der Waals surface area contributed by atoms with Gasteiger partial charge in [-0.3, -0.25) is 10.1 Å². The molecule has 5 rings (SSSR count). The van der Waals surface area contributed by atoms with Crippen LogP contribution in [-0.4, -0.2) is 25.1 Å². The van der Waals surface area contributed by atoms with Gasteiger partial charge in [-0.15, -0.1) is 0 Å². The summed E-state index contributed by atoms with van der Waals surface area (Å²) in [5.41, 5.74) is 4.17. The van der Waals surface area contributed by atoms with Crippen LogP contribution < -0.4 is 14.8 Å². The number of hydrogen-bond donors (Lipinski definition) is 1. The molecule has 28 heavy (non-hydrogen) atoms. The van der Waals surface area contributed by atoms with Crippen LogP contribution in [0, 0.1) is 0 Å². The first-order valence-corrected chi connectivity index (χ1v) is 9.86. The van der Waals surface area contributed by atoms with E-state index < -0.39 is 0 Å². The fraction of sp³-hybridized carbons (Fsp3) is 0.182. The van der Waals surface area contributed by atoms with Gasteiger partial charge in [-0.1, -0.05) is 29.5 Å². The van der Waals surface area contributed by atoms with Crippen LogP contribution in [-0.2, 0) is 12.8 Å². The number of anilines is 1. The van der Waals surface area contributed by atoms with E-state index >= 15 is 0 Å². The third kappa shape index (κ3) is 2.68. The SMILES string of the molecule is COc1cc(OC)cc(C(=O)Nc2nc3c(cc4c5c(cccc53)CC4)s2)c1. The molecule has 0 saturated carbocycles. The Bertz CT molecular complexity index is 1220. The second-order valence-corrected chi connectivity index (χ2v) is 7.83. The summed E-state index contributed by atoms with van der Waals surface area (Å²) in [5.74, 6) is 0.895. The predicted octanol–water partition coefficient (Wildman–Crippen LogP) is 4.82. The zero-order chi connectivity index (χ0) is 19.3. The van der Waals surface area contributed by atoms with Crippen LogP contribution in [0.4, 0.5) is 5.13 Å². The van der Waals surface area contributed by atoms with Crippen LogP contribution in [0.1, 0.15) is 21.5 Å². The van der Waals surface area contributed by atoms with Crippen molar-refractivity contribution in [3.8, 4) is 11.5 Å². The molecule has 1 aliphatic rings. The number of fused-ring (bicyclic) bond motifs is 2. The van der Waals surface area contributed by atoms with Crippen LogP contribution in [0.5, 0.6) is 11.5 Å². The van der Waals surface area contributed by atoms with Gasteiger partial charge in [0.25, 0.3) is 5.91 Å². The highest BCUT2D eigenvalue weighted by Gasteiger charge is 2.19. The second-order valence-electron chi connectivity index (χ2n) is 6.80. The first kappa shape index (κ1) is 17.0. The monoisotopic (exact) mass is 390 g/mol. The Morgan fingerprint density at radius 3 is 2.54 bits per heavy atom. The highest BCUT2D eigenvalue weighted by Crippen LogP contribution is 2.39. The summed E-state index contributed by atoms with van der Waals surface area (Å²) in [6.07, 6.45) is 2.15. The zero-order valence-electron chi connectivity index (χ0n) is 15.5. The Morgan fingerprint density at radius 1 is 1.04 bits per heavy atom. The van der Waals surface area contributed by atoms with E-state index in [4.69, 9.17) is 14.5 Å². The number of ether oxygens (including phenoxy) is 2. The number of nitrogens with zero attached hydrogens (tertiary/aromatic N) is 1. The smallest absolute Gasteiger partial charge is 0.257 e. The normalized spacial score (nSPS) is 12.5. The number of hydrogen-bond acceptors (Lipinski definition) is 5. The van der Waals surface area contributed by atoms with Crippen molar-refractivity contribution in [2.24, 2.45) is 0 Å². The molecule has 0 bridgehead atoms. The molecule has 1 N–H and O–H groups in total. The number of carbonyl (C=O) groups is 1. The van der Waals surface area contributed by atoms with Crippen LogP contribution in [0.2, 0.25) is 0 Å². The second kappa shape index (κ2) is 6.49. The van der Waals surface area contributed by atoms with E-state index in [0.29, 0.717) is 22.2 Å². The van der Waals surface area contributed by atoms with Crippen molar-refractivity contribution in [1.82, 2.24) is 4.98 Å². The number of methoxy groups -OCH3 is 2. The fourth-order valence-electron chi connectivity index (χ4n) is 3.87. The molecule has 6 heteroatoms. The van der Waals surface area contributed by atoms with Gasteiger partial charge >= 0.3 is 0 Å². The molecule has 0 unspecified atom stereocenters. The molecule has 3 aromatic carbocycles. The van der Waals surface area contributed by atoms with Gasteiger partial charge in [-0.05, 0) is 47.6 Å². The minimum absolute atomic E-state index is 0.242. The Balaban J connectivity index is 1.53. The lowest BCUT2D eigenvalue weighted by molar-refractivity contribution is 0.102. The van der Waals surface area contributed by atoms with Crippen LogP contribution in [0.15, 0.2) is 42.5 Å². The highest BCUT2D eigenvalue weighted by atomic mass is 32.1. The lowest BCUT2D eigenvalue weighted by atomic mass is 10.0. The Morgan fingerprint density at radius 2 is 1.79 bits per heavy atom. The summed E-state index contributed by atoms with van der Waals surface area (Å²) >= 11 is 1.50. The maximum Gasteiger partial charge on any atom is 0.257 e. The molecule has 0 saturated heterocycles. The fourth-order valence-corrected chi connectivity index (χ4v) is 4.81. The van der Waals surface area contributed by atoms with Crippen LogP contribution in [0.3, 0.4) is 0 Å². The summed E-state index contributed by atoms with van der Waals surface area (Å²) in [6, 6.07) is 13.7. The summed E-state index contributed by atoms with van der Waals surface area (Å²) in [5, 5.41) is 6.01. The van der Waals surface area contributed by atoms with E-state index in [0.717, 1.165) is 23.1 Å². The number of aromatic nitrogens is 1. The molecule has 0 radical (unpaired) electrons. The lowest BCUT2D eigenvalue weighted by Crippen LogP contribution is -2.12. The van der Waals surface area contributed by atoms with E-state index in [1.807, 2.05) is 0 Å². The molecule has 140 valence electrons. The molecular formula is C22H18N2O3S. The van der Waals surface area contributed by atoms with Gasteiger partial charge in [0.15, 0.2) is 5.13 Å². The highest BCUT2D eigenvalue weighted by molar-refractivity contribution is 7.22. The van der Waals surface area contributed by atoms with Gasteiger partial charge in [-0.25, -0.2) is 4.98 Å². The number of rotatable bonds is 4. The number of amides is 1. The molecule has 4 aromatic rings. The first-order valence-electron chi connectivity index (χ1n) is 9.04. The quantitative estimate of drug-likeness (QED) is 0.543. The van der Waals surface area contributed by atoms with E-state index in [1.54, 1.807) is 32.4 Å². The van der Waals surface area contributed by atoms with E-state index in [-0.39, 0.29) is 5.91 Å². The summed E-state index contributed by atoms with van der Waals surface area (Å²) in [6.45, 7) is 0. The van der Waals surface area contributed by atoms with Gasteiger partial charge in [0.2, 0.25) is 0 Å². The molecule has 0 atom stereocenters. The number of aryl methyl sites for hydroxylation is 2.